The molecule has 1 heteroatoms. The first-order valence-electron chi connectivity index (χ1n) is 14.0. The van der Waals surface area contributed by atoms with Crippen LogP contribution in [0.2, 0.25) is 0 Å². The Morgan fingerprint density at radius 2 is 1.37 bits per heavy atom. The number of hydrogen-bond donors (Lipinski definition) is 1. The molecule has 0 radical (unpaired) electrons. The van der Waals surface area contributed by atoms with Crippen molar-refractivity contribution < 1.29 is 5.11 Å². The highest BCUT2D eigenvalue weighted by atomic mass is 16.2. The van der Waals surface area contributed by atoms with Crippen molar-refractivity contribution in [2.75, 3.05) is 7.11 Å². The maximum atomic E-state index is 7.00. The second-order valence-electron chi connectivity index (χ2n) is 12.0. The van der Waals surface area contributed by atoms with Gasteiger partial charge in [0, 0.05) is 7.11 Å². The van der Waals surface area contributed by atoms with Crippen molar-refractivity contribution in [1.82, 2.24) is 0 Å². The van der Waals surface area contributed by atoms with Crippen molar-refractivity contribution in [2.24, 2.45) is 52.3 Å². The van der Waals surface area contributed by atoms with Crippen LogP contribution in [-0.2, 0) is 0 Å². The summed E-state index contributed by atoms with van der Waals surface area (Å²) in [5.41, 5.74) is 1.43. The van der Waals surface area contributed by atoms with E-state index in [1.165, 1.54) is 6.42 Å². The third-order valence-electron chi connectivity index (χ3n) is 11.2. The molecule has 0 aromatic carbocycles. The Bertz CT molecular complexity index is 524. The van der Waals surface area contributed by atoms with Gasteiger partial charge in [-0.2, -0.15) is 0 Å². The standard InChI is InChI=1S/C26H44.C2H6.CH4O/c1-4-18-13-15-26(3)21(17-18)9-11-22-23-12-10-20(8-7-19-5-6-19)25(23,2)16-14-24(22)26;2*1-2/h18-24H,4-17H2,1-3H3;1-2H3;2H,1H3. The number of hydrogen-bond acceptors (Lipinski definition) is 1. The first kappa shape index (κ1) is 24.6. The lowest BCUT2D eigenvalue weighted by molar-refractivity contribution is -0.118. The molecule has 0 heterocycles. The second-order valence-corrected chi connectivity index (χ2v) is 12.0. The van der Waals surface area contributed by atoms with E-state index in [9.17, 15) is 0 Å². The molecule has 8 unspecified atom stereocenters. The third kappa shape index (κ3) is 4.40. The van der Waals surface area contributed by atoms with E-state index >= 15 is 0 Å². The van der Waals surface area contributed by atoms with Gasteiger partial charge < -0.3 is 5.11 Å². The zero-order valence-electron chi connectivity index (χ0n) is 21.4. The van der Waals surface area contributed by atoms with Gasteiger partial charge >= 0.3 is 0 Å². The molecule has 5 aliphatic rings. The van der Waals surface area contributed by atoms with Gasteiger partial charge in [0.2, 0.25) is 0 Å². The van der Waals surface area contributed by atoms with Gasteiger partial charge in [-0.1, -0.05) is 60.3 Å². The molecule has 0 amide bonds. The van der Waals surface area contributed by atoms with E-state index in [4.69, 9.17) is 5.11 Å². The Morgan fingerprint density at radius 3 is 2.03 bits per heavy atom. The fourth-order valence-electron chi connectivity index (χ4n) is 9.14. The predicted molar refractivity (Wildman–Crippen MR) is 130 cm³/mol. The quantitative estimate of drug-likeness (QED) is 0.485. The molecule has 0 spiro atoms. The van der Waals surface area contributed by atoms with Crippen LogP contribution in [0.3, 0.4) is 0 Å². The lowest BCUT2D eigenvalue weighted by Crippen LogP contribution is -2.53. The van der Waals surface area contributed by atoms with Crippen LogP contribution in [0.25, 0.3) is 0 Å². The molecule has 0 saturated heterocycles. The minimum Gasteiger partial charge on any atom is -0.400 e. The average molecular weight is 419 g/mol. The summed E-state index contributed by atoms with van der Waals surface area (Å²) in [6, 6.07) is 0. The van der Waals surface area contributed by atoms with Crippen molar-refractivity contribution in [2.45, 2.75) is 125 Å². The molecule has 176 valence electrons. The van der Waals surface area contributed by atoms with E-state index in [1.807, 2.05) is 13.8 Å². The lowest BCUT2D eigenvalue weighted by Gasteiger charge is -2.61. The van der Waals surface area contributed by atoms with Crippen molar-refractivity contribution in [3.63, 3.8) is 0 Å². The van der Waals surface area contributed by atoms with Crippen molar-refractivity contribution in [3.8, 4) is 0 Å². The van der Waals surface area contributed by atoms with Gasteiger partial charge in [0.1, 0.15) is 0 Å². The van der Waals surface area contributed by atoms with Crippen LogP contribution < -0.4 is 0 Å². The molecule has 0 aromatic heterocycles. The number of aliphatic hydroxyl groups is 1. The minimum absolute atomic E-state index is 0.710. The topological polar surface area (TPSA) is 20.2 Å². The molecule has 5 fully saturated rings. The van der Waals surface area contributed by atoms with Gasteiger partial charge in [0.25, 0.3) is 0 Å². The molecule has 5 saturated carbocycles. The van der Waals surface area contributed by atoms with Crippen molar-refractivity contribution in [1.29, 1.82) is 0 Å². The van der Waals surface area contributed by atoms with Crippen LogP contribution in [0.15, 0.2) is 0 Å². The summed E-state index contributed by atoms with van der Waals surface area (Å²) in [5, 5.41) is 7.00. The van der Waals surface area contributed by atoms with Gasteiger partial charge in [-0.3, -0.25) is 0 Å². The smallest absolute Gasteiger partial charge is 0.0319 e. The van der Waals surface area contributed by atoms with Crippen LogP contribution in [0.1, 0.15) is 125 Å². The van der Waals surface area contributed by atoms with Gasteiger partial charge in [0.15, 0.2) is 0 Å². The SMILES string of the molecule is CC.CCC1CCC2(C)C(CCC3C4CCC(CCC5CC5)C4(C)CCC32)C1.CO. The summed E-state index contributed by atoms with van der Waals surface area (Å²) >= 11 is 0. The zero-order chi connectivity index (χ0) is 21.9. The van der Waals surface area contributed by atoms with Crippen LogP contribution in [0.4, 0.5) is 0 Å². The molecule has 1 N–H and O–H groups in total. The highest BCUT2D eigenvalue weighted by Gasteiger charge is 2.59. The summed E-state index contributed by atoms with van der Waals surface area (Å²) in [4.78, 5) is 0. The summed E-state index contributed by atoms with van der Waals surface area (Å²) in [5.74, 6) is 7.61. The summed E-state index contributed by atoms with van der Waals surface area (Å²) in [6.07, 6.45) is 21.9. The second kappa shape index (κ2) is 10.3. The van der Waals surface area contributed by atoms with Crippen LogP contribution in [0.5, 0.6) is 0 Å². The van der Waals surface area contributed by atoms with Gasteiger partial charge in [-0.05, 0) is 116 Å². The number of aliphatic hydroxyl groups excluding tert-OH is 1. The molecule has 0 bridgehead atoms. The zero-order valence-corrected chi connectivity index (χ0v) is 21.4. The molecule has 5 aliphatic carbocycles. The highest BCUT2D eigenvalue weighted by molar-refractivity contribution is 5.09. The van der Waals surface area contributed by atoms with E-state index in [0.717, 1.165) is 54.0 Å². The average Bonchev–Trinajstić information content (AvgIpc) is 3.55. The molecule has 5 rings (SSSR count). The lowest BCUT2D eigenvalue weighted by atomic mass is 9.44. The van der Waals surface area contributed by atoms with Gasteiger partial charge in [0.05, 0.1) is 0 Å². The molecule has 0 aliphatic heterocycles. The van der Waals surface area contributed by atoms with Crippen LogP contribution >= 0.6 is 0 Å². The predicted octanol–water partition coefficient (Wildman–Crippen LogP) is 8.50. The number of fused-ring (bicyclic) bond motifs is 5. The van der Waals surface area contributed by atoms with Crippen molar-refractivity contribution >= 4 is 0 Å². The summed E-state index contributed by atoms with van der Waals surface area (Å²) in [6.45, 7) is 11.9. The first-order valence-corrected chi connectivity index (χ1v) is 14.0. The summed E-state index contributed by atoms with van der Waals surface area (Å²) < 4.78 is 0. The van der Waals surface area contributed by atoms with E-state index in [1.54, 1.807) is 83.5 Å². The number of rotatable bonds is 4. The Labute approximate surface area is 189 Å². The maximum Gasteiger partial charge on any atom is 0.0319 e. The normalized spacial score (nSPS) is 46.9. The fourth-order valence-corrected chi connectivity index (χ4v) is 9.14. The Morgan fingerprint density at radius 1 is 0.700 bits per heavy atom. The van der Waals surface area contributed by atoms with E-state index in [-0.39, 0.29) is 0 Å². The van der Waals surface area contributed by atoms with E-state index < -0.39 is 0 Å². The minimum atomic E-state index is 0.710. The first-order chi connectivity index (χ1) is 14.5. The fraction of sp³-hybridized carbons (Fsp3) is 1.00. The highest BCUT2D eigenvalue weighted by Crippen LogP contribution is 2.68. The Hall–Kier alpha value is -0.0400. The van der Waals surface area contributed by atoms with Crippen molar-refractivity contribution in [3.05, 3.63) is 0 Å². The molecule has 0 aromatic rings. The molecular weight excluding hydrogens is 364 g/mol. The maximum absolute atomic E-state index is 7.00. The monoisotopic (exact) mass is 418 g/mol. The molecular formula is C29H54O. The van der Waals surface area contributed by atoms with E-state index in [0.29, 0.717) is 5.41 Å². The molecule has 8 atom stereocenters. The summed E-state index contributed by atoms with van der Waals surface area (Å²) in [7, 11) is 1.00. The molecule has 30 heavy (non-hydrogen) atoms. The van der Waals surface area contributed by atoms with Crippen LogP contribution in [0, 0.1) is 52.3 Å². The van der Waals surface area contributed by atoms with Crippen LogP contribution in [-0.4, -0.2) is 12.2 Å². The van der Waals surface area contributed by atoms with Gasteiger partial charge in [-0.15, -0.1) is 0 Å². The molecule has 1 nitrogen and oxygen atoms in total. The largest absolute Gasteiger partial charge is 0.400 e. The van der Waals surface area contributed by atoms with Gasteiger partial charge in [-0.25, -0.2) is 0 Å². The Balaban J connectivity index is 0.000000606. The Kier molecular flexibility index (Phi) is 8.42. The third-order valence-corrected chi connectivity index (χ3v) is 11.2. The van der Waals surface area contributed by atoms with E-state index in [2.05, 4.69) is 20.8 Å².